The average molecular weight is 216 g/mol. The molecule has 0 bridgehead atoms. The normalized spacial score (nSPS) is 11.9. The van der Waals surface area contributed by atoms with Gasteiger partial charge in [0.2, 0.25) is 0 Å². The molecule has 0 aliphatic rings. The van der Waals surface area contributed by atoms with Gasteiger partial charge >= 0.3 is 0 Å². The number of ether oxygens (including phenoxy) is 1. The van der Waals surface area contributed by atoms with Crippen molar-refractivity contribution in [2.75, 3.05) is 6.61 Å². The Morgan fingerprint density at radius 3 is 2.62 bits per heavy atom. The maximum atomic E-state index is 5.70. The van der Waals surface area contributed by atoms with Gasteiger partial charge in [0.05, 0.1) is 6.61 Å². The van der Waals surface area contributed by atoms with Crippen LogP contribution >= 0.6 is 0 Å². The van der Waals surface area contributed by atoms with Crippen molar-refractivity contribution < 1.29 is 4.74 Å². The fourth-order valence-electron chi connectivity index (χ4n) is 1.93. The van der Waals surface area contributed by atoms with E-state index in [1.807, 2.05) is 6.92 Å². The van der Waals surface area contributed by atoms with Crippen molar-refractivity contribution in [3.05, 3.63) is 28.8 Å². The summed E-state index contributed by atoms with van der Waals surface area (Å²) in [4.78, 5) is 0. The molecule has 0 amide bonds. The minimum absolute atomic E-state index is 0.250. The molecule has 1 heteroatoms. The third-order valence-electron chi connectivity index (χ3n) is 2.60. The third-order valence-corrected chi connectivity index (χ3v) is 2.60. The Bertz CT molecular complexity index is 399. The van der Waals surface area contributed by atoms with Gasteiger partial charge in [-0.05, 0) is 38.3 Å². The van der Waals surface area contributed by atoms with Crippen LogP contribution in [0.1, 0.15) is 30.5 Å². The van der Waals surface area contributed by atoms with E-state index < -0.39 is 0 Å². The minimum Gasteiger partial charge on any atom is -0.493 e. The highest BCUT2D eigenvalue weighted by molar-refractivity contribution is 5.44. The molecule has 0 fully saturated rings. The molecule has 0 saturated carbocycles. The van der Waals surface area contributed by atoms with Gasteiger partial charge in [0.15, 0.2) is 0 Å². The fourth-order valence-corrected chi connectivity index (χ4v) is 1.93. The van der Waals surface area contributed by atoms with Gasteiger partial charge in [-0.2, -0.15) is 0 Å². The largest absolute Gasteiger partial charge is 0.493 e. The van der Waals surface area contributed by atoms with Crippen LogP contribution in [-0.4, -0.2) is 6.61 Å². The van der Waals surface area contributed by atoms with Crippen LogP contribution in [0.25, 0.3) is 0 Å². The van der Waals surface area contributed by atoms with Gasteiger partial charge in [-0.1, -0.05) is 24.6 Å². The van der Waals surface area contributed by atoms with E-state index in [9.17, 15) is 0 Å². The van der Waals surface area contributed by atoms with Crippen molar-refractivity contribution in [1.29, 1.82) is 0 Å². The molecule has 0 saturated heterocycles. The molecule has 16 heavy (non-hydrogen) atoms. The van der Waals surface area contributed by atoms with Crippen LogP contribution in [0.2, 0.25) is 0 Å². The van der Waals surface area contributed by atoms with Gasteiger partial charge in [0.25, 0.3) is 0 Å². The molecule has 1 aromatic carbocycles. The zero-order valence-corrected chi connectivity index (χ0v) is 10.6. The Morgan fingerprint density at radius 2 is 2.06 bits per heavy atom. The highest BCUT2D eigenvalue weighted by Crippen LogP contribution is 2.27. The fraction of sp³-hybridized carbons (Fsp3) is 0.467. The number of hydrogen-bond donors (Lipinski definition) is 0. The Hall–Kier alpha value is -1.42. The molecule has 0 aliphatic heterocycles. The average Bonchev–Trinajstić information content (AvgIpc) is 2.23. The smallest absolute Gasteiger partial charge is 0.125 e. The van der Waals surface area contributed by atoms with Crippen LogP contribution in [0.15, 0.2) is 12.1 Å². The first kappa shape index (κ1) is 12.6. The van der Waals surface area contributed by atoms with Crippen LogP contribution in [0.3, 0.4) is 0 Å². The zero-order chi connectivity index (χ0) is 12.1. The summed E-state index contributed by atoms with van der Waals surface area (Å²) >= 11 is 0. The van der Waals surface area contributed by atoms with Gasteiger partial charge in [-0.15, -0.1) is 12.3 Å². The highest BCUT2D eigenvalue weighted by atomic mass is 16.5. The monoisotopic (exact) mass is 216 g/mol. The van der Waals surface area contributed by atoms with E-state index in [1.165, 1.54) is 16.7 Å². The second-order valence-corrected chi connectivity index (χ2v) is 4.27. The van der Waals surface area contributed by atoms with E-state index in [0.717, 1.165) is 12.2 Å². The van der Waals surface area contributed by atoms with Crippen LogP contribution in [-0.2, 0) is 6.42 Å². The number of terminal acetylenes is 1. The summed E-state index contributed by atoms with van der Waals surface area (Å²) in [7, 11) is 0. The Labute approximate surface area is 98.8 Å². The van der Waals surface area contributed by atoms with Crippen molar-refractivity contribution in [3.8, 4) is 18.1 Å². The van der Waals surface area contributed by atoms with Crippen molar-refractivity contribution in [3.63, 3.8) is 0 Å². The third kappa shape index (κ3) is 3.03. The summed E-state index contributed by atoms with van der Waals surface area (Å²) in [6.07, 6.45) is 6.31. The molecule has 0 aliphatic carbocycles. The molecule has 1 atom stereocenters. The van der Waals surface area contributed by atoms with E-state index in [1.54, 1.807) is 0 Å². The molecule has 1 rings (SSSR count). The molecule has 0 heterocycles. The summed E-state index contributed by atoms with van der Waals surface area (Å²) in [5, 5.41) is 0. The summed E-state index contributed by atoms with van der Waals surface area (Å²) in [6, 6.07) is 4.32. The number of hydrogen-bond acceptors (Lipinski definition) is 1. The van der Waals surface area contributed by atoms with Crippen LogP contribution in [0.5, 0.6) is 5.75 Å². The second kappa shape index (κ2) is 5.61. The lowest BCUT2D eigenvalue weighted by molar-refractivity contribution is 0.333. The van der Waals surface area contributed by atoms with E-state index in [2.05, 4.69) is 38.8 Å². The lowest BCUT2D eigenvalue weighted by Crippen LogP contribution is -2.03. The van der Waals surface area contributed by atoms with Gasteiger partial charge in [0, 0.05) is 5.92 Å². The number of benzene rings is 1. The zero-order valence-electron chi connectivity index (χ0n) is 10.6. The summed E-state index contributed by atoms with van der Waals surface area (Å²) < 4.78 is 5.70. The van der Waals surface area contributed by atoms with E-state index in [4.69, 9.17) is 11.2 Å². The first-order valence-corrected chi connectivity index (χ1v) is 5.77. The van der Waals surface area contributed by atoms with E-state index in [-0.39, 0.29) is 5.92 Å². The highest BCUT2D eigenvalue weighted by Gasteiger charge is 2.10. The van der Waals surface area contributed by atoms with Gasteiger partial charge < -0.3 is 4.74 Å². The molecular formula is C15H20O. The first-order valence-electron chi connectivity index (χ1n) is 5.77. The lowest BCUT2D eigenvalue weighted by atomic mass is 9.97. The Balaban J connectivity index is 3.09. The SMILES string of the molecule is C#CC(C)Cc1cc(C)cc(C)c1OCC. The molecule has 1 unspecified atom stereocenters. The quantitative estimate of drug-likeness (QED) is 0.700. The Kier molecular flexibility index (Phi) is 4.43. The summed E-state index contributed by atoms with van der Waals surface area (Å²) in [5.41, 5.74) is 3.69. The van der Waals surface area contributed by atoms with E-state index in [0.29, 0.717) is 6.61 Å². The van der Waals surface area contributed by atoms with E-state index >= 15 is 0 Å². The molecule has 1 nitrogen and oxygen atoms in total. The van der Waals surface area contributed by atoms with Crippen LogP contribution < -0.4 is 4.74 Å². The molecule has 0 N–H and O–H groups in total. The van der Waals surface area contributed by atoms with Gasteiger partial charge in [0.1, 0.15) is 5.75 Å². The first-order chi connectivity index (χ1) is 7.58. The molecular weight excluding hydrogens is 196 g/mol. The number of rotatable bonds is 4. The maximum absolute atomic E-state index is 5.70. The molecule has 0 spiro atoms. The summed E-state index contributed by atoms with van der Waals surface area (Å²) in [5.74, 6) is 4.03. The van der Waals surface area contributed by atoms with Crippen molar-refractivity contribution in [2.24, 2.45) is 5.92 Å². The summed E-state index contributed by atoms with van der Waals surface area (Å²) in [6.45, 7) is 8.96. The minimum atomic E-state index is 0.250. The Morgan fingerprint density at radius 1 is 1.38 bits per heavy atom. The second-order valence-electron chi connectivity index (χ2n) is 4.27. The lowest BCUT2D eigenvalue weighted by Gasteiger charge is -2.15. The van der Waals surface area contributed by atoms with Gasteiger partial charge in [-0.3, -0.25) is 0 Å². The standard InChI is InChI=1S/C15H20O/c1-6-11(3)9-14-10-12(4)8-13(5)15(14)16-7-2/h1,8,10-11H,7,9H2,2-5H3. The topological polar surface area (TPSA) is 9.23 Å². The number of aryl methyl sites for hydroxylation is 2. The molecule has 0 radical (unpaired) electrons. The molecule has 86 valence electrons. The van der Waals surface area contributed by atoms with Crippen LogP contribution in [0, 0.1) is 32.1 Å². The van der Waals surface area contributed by atoms with Crippen molar-refractivity contribution in [2.45, 2.75) is 34.1 Å². The van der Waals surface area contributed by atoms with Crippen LogP contribution in [0.4, 0.5) is 0 Å². The van der Waals surface area contributed by atoms with Crippen molar-refractivity contribution >= 4 is 0 Å². The molecule has 0 aromatic heterocycles. The van der Waals surface area contributed by atoms with Crippen molar-refractivity contribution in [1.82, 2.24) is 0 Å². The van der Waals surface area contributed by atoms with Gasteiger partial charge in [-0.25, -0.2) is 0 Å². The predicted molar refractivity (Wildman–Crippen MR) is 68.8 cm³/mol. The predicted octanol–water partition coefficient (Wildman–Crippen LogP) is 3.51. The maximum Gasteiger partial charge on any atom is 0.125 e. The molecule has 1 aromatic rings.